The van der Waals surface area contributed by atoms with Gasteiger partial charge in [0.1, 0.15) is 5.75 Å². The average molecular weight is 498 g/mol. The normalized spacial score (nSPS) is 11.2. The quantitative estimate of drug-likeness (QED) is 0.282. The average Bonchev–Trinajstić information content (AvgIpc) is 2.75. The zero-order chi connectivity index (χ0) is 24.8. The molecule has 0 fully saturated rings. The van der Waals surface area contributed by atoms with Gasteiger partial charge in [0.15, 0.2) is 20.7 Å². The summed E-state index contributed by atoms with van der Waals surface area (Å²) in [5.41, 5.74) is -0.723. The fourth-order valence-electron chi connectivity index (χ4n) is 2.69. The molecule has 0 bridgehead atoms. The summed E-state index contributed by atoms with van der Waals surface area (Å²) in [6.07, 6.45) is -0.295. The van der Waals surface area contributed by atoms with Crippen molar-refractivity contribution in [3.05, 3.63) is 67.8 Å². The van der Waals surface area contributed by atoms with Crippen molar-refractivity contribution in [2.45, 2.75) is 6.42 Å². The third-order valence-electron chi connectivity index (χ3n) is 4.23. The zero-order valence-electron chi connectivity index (χ0n) is 17.4. The number of rotatable bonds is 9. The van der Waals surface area contributed by atoms with Crippen molar-refractivity contribution in [3.8, 4) is 22.7 Å². The number of nitro benzene ring substituents is 2. The second-order valence-corrected chi connectivity index (χ2v) is 10.8. The lowest BCUT2D eigenvalue weighted by molar-refractivity contribution is -0.385. The van der Waals surface area contributed by atoms with Crippen molar-refractivity contribution in [2.75, 3.05) is 25.1 Å². The molecule has 2 aromatic carbocycles. The van der Waals surface area contributed by atoms with Crippen LogP contribution >= 0.6 is 0 Å². The molecule has 0 aliphatic carbocycles. The standard InChI is InChI=1S/C19H18N2O10S2/c1-30-16-5-4-15(17(12-16)20(22)23)8-10-33(28,29)13-32(26,27)9-7-14-3-6-19(31-2)18(11-14)21(24)25/h3-6,11-12H,8,10,13H2,1-2H3. The molecular weight excluding hydrogens is 480 g/mol. The summed E-state index contributed by atoms with van der Waals surface area (Å²) in [6.45, 7) is 0. The van der Waals surface area contributed by atoms with Crippen molar-refractivity contribution < 1.29 is 36.2 Å². The number of methoxy groups -OCH3 is 2. The molecule has 2 rings (SSSR count). The summed E-state index contributed by atoms with van der Waals surface area (Å²) in [7, 11) is -6.09. The molecule has 14 heteroatoms. The maximum atomic E-state index is 12.3. The molecule has 0 spiro atoms. The Bertz CT molecular complexity index is 1360. The third-order valence-corrected chi connectivity index (χ3v) is 8.15. The molecule has 0 atom stereocenters. The first-order chi connectivity index (χ1) is 15.4. The SMILES string of the molecule is COc1ccc(CCS(=O)(=O)CS(=O)(=O)C#Cc2ccc(OC)c([N+](=O)[O-])c2)c([N+](=O)[O-])c1. The van der Waals surface area contributed by atoms with Crippen LogP contribution in [0.3, 0.4) is 0 Å². The van der Waals surface area contributed by atoms with E-state index in [1.54, 1.807) is 0 Å². The van der Waals surface area contributed by atoms with Crippen molar-refractivity contribution in [1.29, 1.82) is 0 Å². The fraction of sp³-hybridized carbons (Fsp3) is 0.263. The molecule has 0 unspecified atom stereocenters. The van der Waals surface area contributed by atoms with E-state index in [9.17, 15) is 37.1 Å². The Balaban J connectivity index is 2.18. The Hall–Kier alpha value is -3.70. The Morgan fingerprint density at radius 3 is 2.15 bits per heavy atom. The van der Waals surface area contributed by atoms with Gasteiger partial charge in [-0.15, -0.1) is 0 Å². The van der Waals surface area contributed by atoms with Crippen LogP contribution in [0, 0.1) is 31.4 Å². The molecule has 0 radical (unpaired) electrons. The molecule has 2 aromatic rings. The second-order valence-electron chi connectivity index (χ2n) is 6.55. The van der Waals surface area contributed by atoms with Crippen LogP contribution in [0.2, 0.25) is 0 Å². The number of nitro groups is 2. The highest BCUT2D eigenvalue weighted by Crippen LogP contribution is 2.27. The molecule has 0 N–H and O–H groups in total. The lowest BCUT2D eigenvalue weighted by Gasteiger charge is -2.06. The summed E-state index contributed by atoms with van der Waals surface area (Å²) in [5, 5.41) is 22.8. The lowest BCUT2D eigenvalue weighted by atomic mass is 10.1. The van der Waals surface area contributed by atoms with E-state index in [0.29, 0.717) is 0 Å². The van der Waals surface area contributed by atoms with Gasteiger partial charge in [-0.1, -0.05) is 0 Å². The summed E-state index contributed by atoms with van der Waals surface area (Å²) < 4.78 is 58.8. The predicted octanol–water partition coefficient (Wildman–Crippen LogP) is 1.86. The van der Waals surface area contributed by atoms with Crippen LogP contribution in [0.25, 0.3) is 0 Å². The molecule has 0 amide bonds. The van der Waals surface area contributed by atoms with Gasteiger partial charge in [-0.25, -0.2) is 16.8 Å². The van der Waals surface area contributed by atoms with Crippen LogP contribution < -0.4 is 9.47 Å². The van der Waals surface area contributed by atoms with Gasteiger partial charge in [0, 0.05) is 22.4 Å². The molecule has 0 heterocycles. The van der Waals surface area contributed by atoms with Crippen molar-refractivity contribution >= 4 is 31.0 Å². The molecule has 0 aliphatic rings. The number of hydrogen-bond donors (Lipinski definition) is 0. The highest BCUT2D eigenvalue weighted by Gasteiger charge is 2.23. The van der Waals surface area contributed by atoms with Crippen LogP contribution in [0.1, 0.15) is 11.1 Å². The number of ether oxygens (including phenoxy) is 2. The first kappa shape index (κ1) is 25.6. The summed E-state index contributed by atoms with van der Waals surface area (Å²) in [4.78, 5) is 20.8. The number of nitrogens with zero attached hydrogens (tertiary/aromatic N) is 2. The monoisotopic (exact) mass is 498 g/mol. The van der Waals surface area contributed by atoms with E-state index in [1.807, 2.05) is 5.25 Å². The van der Waals surface area contributed by atoms with E-state index in [2.05, 4.69) is 5.92 Å². The van der Waals surface area contributed by atoms with Gasteiger partial charge in [-0.05, 0) is 36.6 Å². The van der Waals surface area contributed by atoms with Crippen LogP contribution in [0.4, 0.5) is 11.4 Å². The van der Waals surface area contributed by atoms with Crippen LogP contribution in [0.5, 0.6) is 11.5 Å². The number of benzene rings is 2. The highest BCUT2D eigenvalue weighted by molar-refractivity contribution is 8.10. The van der Waals surface area contributed by atoms with Crippen molar-refractivity contribution in [1.82, 2.24) is 0 Å². The Kier molecular flexibility index (Phi) is 7.96. The molecule has 0 aliphatic heterocycles. The summed E-state index contributed by atoms with van der Waals surface area (Å²) in [6, 6.07) is 7.40. The first-order valence-electron chi connectivity index (χ1n) is 8.97. The number of sulfone groups is 2. The van der Waals surface area contributed by atoms with Gasteiger partial charge in [0.2, 0.25) is 9.84 Å². The predicted molar refractivity (Wildman–Crippen MR) is 117 cm³/mol. The van der Waals surface area contributed by atoms with Gasteiger partial charge >= 0.3 is 5.69 Å². The van der Waals surface area contributed by atoms with Crippen LogP contribution in [-0.4, -0.2) is 51.7 Å². The minimum Gasteiger partial charge on any atom is -0.497 e. The van der Waals surface area contributed by atoms with E-state index in [-0.39, 0.29) is 34.7 Å². The van der Waals surface area contributed by atoms with Gasteiger partial charge in [0.25, 0.3) is 5.69 Å². The maximum absolute atomic E-state index is 12.3. The van der Waals surface area contributed by atoms with E-state index < -0.39 is 46.0 Å². The Morgan fingerprint density at radius 1 is 0.909 bits per heavy atom. The number of aryl methyl sites for hydroxylation is 1. The zero-order valence-corrected chi connectivity index (χ0v) is 19.0. The molecule has 0 saturated carbocycles. The van der Waals surface area contributed by atoms with Crippen molar-refractivity contribution in [2.24, 2.45) is 0 Å². The summed E-state index contributed by atoms with van der Waals surface area (Å²) >= 11 is 0. The summed E-state index contributed by atoms with van der Waals surface area (Å²) in [5.74, 6) is 1.69. The first-order valence-corrected chi connectivity index (χ1v) is 12.4. The van der Waals surface area contributed by atoms with Gasteiger partial charge in [-0.3, -0.25) is 20.2 Å². The van der Waals surface area contributed by atoms with Gasteiger partial charge in [-0.2, -0.15) is 0 Å². The Labute approximate surface area is 189 Å². The lowest BCUT2D eigenvalue weighted by Crippen LogP contribution is -2.19. The molecule has 12 nitrogen and oxygen atoms in total. The van der Waals surface area contributed by atoms with Crippen molar-refractivity contribution in [3.63, 3.8) is 0 Å². The second kappa shape index (κ2) is 10.3. The van der Waals surface area contributed by atoms with E-state index in [0.717, 1.165) is 12.1 Å². The van der Waals surface area contributed by atoms with Crippen LogP contribution in [-0.2, 0) is 26.1 Å². The van der Waals surface area contributed by atoms with Gasteiger partial charge in [0.05, 0.1) is 35.9 Å². The third kappa shape index (κ3) is 7.16. The fourth-order valence-corrected chi connectivity index (χ4v) is 6.09. The van der Waals surface area contributed by atoms with Gasteiger partial charge < -0.3 is 9.47 Å². The molecule has 0 aromatic heterocycles. The number of hydrogen-bond acceptors (Lipinski definition) is 10. The Morgan fingerprint density at radius 2 is 1.58 bits per heavy atom. The maximum Gasteiger partial charge on any atom is 0.312 e. The van der Waals surface area contributed by atoms with E-state index in [1.165, 1.54) is 38.5 Å². The topological polar surface area (TPSA) is 173 Å². The highest BCUT2D eigenvalue weighted by atomic mass is 32.3. The molecule has 176 valence electrons. The molecule has 0 saturated heterocycles. The minimum atomic E-state index is -4.43. The van der Waals surface area contributed by atoms with E-state index in [4.69, 9.17) is 9.47 Å². The largest absolute Gasteiger partial charge is 0.497 e. The van der Waals surface area contributed by atoms with Crippen LogP contribution in [0.15, 0.2) is 36.4 Å². The molecular formula is C19H18N2O10S2. The van der Waals surface area contributed by atoms with E-state index >= 15 is 0 Å². The molecule has 33 heavy (non-hydrogen) atoms. The smallest absolute Gasteiger partial charge is 0.312 e. The minimum absolute atomic E-state index is 0.0302.